The van der Waals surface area contributed by atoms with Crippen LogP contribution in [0.5, 0.6) is 0 Å². The van der Waals surface area contributed by atoms with Gasteiger partial charge in [-0.2, -0.15) is 0 Å². The Morgan fingerprint density at radius 2 is 1.54 bits per heavy atom. The van der Waals surface area contributed by atoms with E-state index in [-0.39, 0.29) is 0 Å². The van der Waals surface area contributed by atoms with Gasteiger partial charge in [0, 0.05) is 0 Å². The first-order valence-corrected chi connectivity index (χ1v) is 9.53. The number of aliphatic hydroxyl groups excluding tert-OH is 7. The third-order valence-corrected chi connectivity index (χ3v) is 5.91. The molecule has 28 heavy (non-hydrogen) atoms. The minimum absolute atomic E-state index is 0.676. The minimum Gasteiger partial charge on any atom is -0.480 e. The normalized spacial score (nSPS) is 45.6. The van der Waals surface area contributed by atoms with Crippen LogP contribution in [-0.2, 0) is 19.0 Å². The molecule has 0 aliphatic carbocycles. The van der Waals surface area contributed by atoms with Crippen molar-refractivity contribution in [3.05, 3.63) is 0 Å². The summed E-state index contributed by atoms with van der Waals surface area (Å²) in [5.74, 6) is -1.16. The van der Waals surface area contributed by atoms with E-state index in [0.717, 1.165) is 11.8 Å². The topological polar surface area (TPSA) is 207 Å². The molecule has 0 bridgehead atoms. The standard InChI is InChI=1S/C15H26O12S/c1-4(13(23)24)28-15-11(22)9(20)12(6(3-17)26-15)27-14-10(21)8(19)7(18)5(2-16)25-14/h4-12,14-22H,2-3H2,1H3,(H,23,24)/t4?,5-,6-,7+,8+,9-,10-,11-,12-,14+,15?/m1/s1. The summed E-state index contributed by atoms with van der Waals surface area (Å²) in [4.78, 5) is 11.0. The second-order valence-electron chi connectivity index (χ2n) is 6.62. The monoisotopic (exact) mass is 430 g/mol. The van der Waals surface area contributed by atoms with E-state index in [2.05, 4.69) is 0 Å². The van der Waals surface area contributed by atoms with Gasteiger partial charge in [0.15, 0.2) is 6.29 Å². The van der Waals surface area contributed by atoms with Crippen LogP contribution in [0.1, 0.15) is 6.92 Å². The van der Waals surface area contributed by atoms with E-state index in [4.69, 9.17) is 19.3 Å². The number of hydrogen-bond donors (Lipinski definition) is 8. The maximum atomic E-state index is 11.0. The third-order valence-electron chi connectivity index (χ3n) is 4.65. The van der Waals surface area contributed by atoms with E-state index < -0.39 is 85.0 Å². The van der Waals surface area contributed by atoms with Gasteiger partial charge in [-0.25, -0.2) is 0 Å². The molecule has 0 amide bonds. The number of carboxylic acid groups (broad SMARTS) is 1. The zero-order chi connectivity index (χ0) is 21.2. The first-order chi connectivity index (χ1) is 13.1. The summed E-state index contributed by atoms with van der Waals surface area (Å²) in [5, 5.41) is 77.1. The van der Waals surface area contributed by atoms with Gasteiger partial charge in [0.05, 0.1) is 13.2 Å². The number of ether oxygens (including phenoxy) is 3. The van der Waals surface area contributed by atoms with Gasteiger partial charge in [-0.15, -0.1) is 11.8 Å². The van der Waals surface area contributed by atoms with Crippen LogP contribution < -0.4 is 0 Å². The molecule has 13 heteroatoms. The summed E-state index contributed by atoms with van der Waals surface area (Å²) < 4.78 is 16.0. The summed E-state index contributed by atoms with van der Waals surface area (Å²) in [7, 11) is 0. The lowest BCUT2D eigenvalue weighted by atomic mass is 9.97. The Labute approximate surface area is 164 Å². The molecule has 2 aliphatic heterocycles. The van der Waals surface area contributed by atoms with Crippen molar-refractivity contribution in [1.29, 1.82) is 0 Å². The fourth-order valence-electron chi connectivity index (χ4n) is 2.93. The van der Waals surface area contributed by atoms with Crippen molar-refractivity contribution in [2.75, 3.05) is 13.2 Å². The smallest absolute Gasteiger partial charge is 0.316 e. The maximum Gasteiger partial charge on any atom is 0.316 e. The molecule has 0 radical (unpaired) electrons. The van der Waals surface area contributed by atoms with Gasteiger partial charge in [0.2, 0.25) is 0 Å². The summed E-state index contributed by atoms with van der Waals surface area (Å²) >= 11 is 0.728. The lowest BCUT2D eigenvalue weighted by Gasteiger charge is -2.46. The largest absolute Gasteiger partial charge is 0.480 e. The van der Waals surface area contributed by atoms with Gasteiger partial charge in [0.25, 0.3) is 0 Å². The number of aliphatic hydroxyl groups is 7. The Morgan fingerprint density at radius 3 is 2.07 bits per heavy atom. The highest BCUT2D eigenvalue weighted by Gasteiger charge is 2.50. The highest BCUT2D eigenvalue weighted by Crippen LogP contribution is 2.34. The Morgan fingerprint density at radius 1 is 0.929 bits per heavy atom. The molecule has 2 fully saturated rings. The second kappa shape index (κ2) is 9.95. The van der Waals surface area contributed by atoms with Crippen LogP contribution in [0, 0.1) is 0 Å². The van der Waals surface area contributed by atoms with Crippen LogP contribution in [0.15, 0.2) is 0 Å². The Kier molecular flexibility index (Phi) is 8.42. The number of thioether (sulfide) groups is 1. The van der Waals surface area contributed by atoms with E-state index in [1.165, 1.54) is 6.92 Å². The highest BCUT2D eigenvalue weighted by atomic mass is 32.2. The minimum atomic E-state index is -1.75. The second-order valence-corrected chi connectivity index (χ2v) is 8.07. The number of aliphatic carboxylic acids is 1. The van der Waals surface area contributed by atoms with Crippen molar-refractivity contribution in [1.82, 2.24) is 0 Å². The van der Waals surface area contributed by atoms with E-state index in [1.54, 1.807) is 0 Å². The van der Waals surface area contributed by atoms with Crippen LogP contribution in [0.4, 0.5) is 0 Å². The lowest BCUT2D eigenvalue weighted by molar-refractivity contribution is -0.338. The number of hydrogen-bond acceptors (Lipinski definition) is 12. The molecule has 2 rings (SSSR count). The van der Waals surface area contributed by atoms with Gasteiger partial charge >= 0.3 is 5.97 Å². The van der Waals surface area contributed by atoms with Crippen LogP contribution in [0.2, 0.25) is 0 Å². The predicted octanol–water partition coefficient (Wildman–Crippen LogP) is -4.18. The zero-order valence-corrected chi connectivity index (χ0v) is 15.7. The van der Waals surface area contributed by atoms with E-state index in [9.17, 15) is 40.5 Å². The van der Waals surface area contributed by atoms with Crippen molar-refractivity contribution < 1.29 is 59.9 Å². The average Bonchev–Trinajstić information content (AvgIpc) is 2.67. The van der Waals surface area contributed by atoms with Crippen LogP contribution >= 0.6 is 11.8 Å². The molecule has 0 spiro atoms. The van der Waals surface area contributed by atoms with Crippen molar-refractivity contribution >= 4 is 17.7 Å². The van der Waals surface area contributed by atoms with Crippen LogP contribution in [0.25, 0.3) is 0 Å². The van der Waals surface area contributed by atoms with E-state index >= 15 is 0 Å². The molecule has 0 aromatic rings. The number of carboxylic acids is 1. The third kappa shape index (κ3) is 4.94. The SMILES string of the molecule is CC(SC1O[C@H](CO)[C@@H](O[C@@H]2O[C@H](CO)[C@H](O)[C@H](O)[C@H]2O)[C@H](O)[C@H]1O)C(=O)O. The molecule has 0 aromatic heterocycles. The average molecular weight is 430 g/mol. The van der Waals surface area contributed by atoms with Crippen LogP contribution in [0.3, 0.4) is 0 Å². The molecule has 0 aromatic carbocycles. The van der Waals surface area contributed by atoms with Crippen molar-refractivity contribution in [3.8, 4) is 0 Å². The molecule has 11 atom stereocenters. The molecule has 2 unspecified atom stereocenters. The van der Waals surface area contributed by atoms with Gasteiger partial charge in [0.1, 0.15) is 59.5 Å². The van der Waals surface area contributed by atoms with Crippen molar-refractivity contribution in [2.45, 2.75) is 72.7 Å². The summed E-state index contributed by atoms with van der Waals surface area (Å²) in [6, 6.07) is 0. The molecule has 2 saturated heterocycles. The number of rotatable bonds is 7. The first-order valence-electron chi connectivity index (χ1n) is 8.59. The Balaban J connectivity index is 2.11. The fourth-order valence-corrected chi connectivity index (χ4v) is 3.97. The zero-order valence-electron chi connectivity index (χ0n) is 14.9. The lowest BCUT2D eigenvalue weighted by Crippen LogP contribution is -2.64. The first kappa shape index (κ1) is 23.7. The molecule has 2 heterocycles. The Hall–Kier alpha value is -0.580. The summed E-state index contributed by atoms with van der Waals surface area (Å²) in [5.41, 5.74) is -1.17. The van der Waals surface area contributed by atoms with Gasteiger partial charge < -0.3 is 55.1 Å². The molecular formula is C15H26O12S. The van der Waals surface area contributed by atoms with E-state index in [1.807, 2.05) is 0 Å². The summed E-state index contributed by atoms with van der Waals surface area (Å²) in [6.45, 7) is -0.00327. The van der Waals surface area contributed by atoms with Crippen molar-refractivity contribution in [3.63, 3.8) is 0 Å². The maximum absolute atomic E-state index is 11.0. The fraction of sp³-hybridized carbons (Fsp3) is 0.933. The molecule has 164 valence electrons. The van der Waals surface area contributed by atoms with E-state index in [0.29, 0.717) is 0 Å². The van der Waals surface area contributed by atoms with Gasteiger partial charge in [-0.05, 0) is 6.92 Å². The van der Waals surface area contributed by atoms with Crippen molar-refractivity contribution in [2.24, 2.45) is 0 Å². The quantitative estimate of drug-likeness (QED) is 0.193. The molecule has 8 N–H and O–H groups in total. The molecule has 0 saturated carbocycles. The molecular weight excluding hydrogens is 404 g/mol. The predicted molar refractivity (Wildman–Crippen MR) is 91.1 cm³/mol. The van der Waals surface area contributed by atoms with Crippen LogP contribution in [-0.4, -0.2) is 126 Å². The number of carbonyl (C=O) groups is 1. The van der Waals surface area contributed by atoms with Gasteiger partial charge in [-0.3, -0.25) is 4.79 Å². The summed E-state index contributed by atoms with van der Waals surface area (Å²) in [6.07, 6.45) is -13.8. The highest BCUT2D eigenvalue weighted by molar-refractivity contribution is 8.01. The Bertz CT molecular complexity index is 519. The van der Waals surface area contributed by atoms with Gasteiger partial charge in [-0.1, -0.05) is 0 Å². The molecule has 2 aliphatic rings. The molecule has 12 nitrogen and oxygen atoms in total.